The molecule has 2 aliphatic rings. The molecule has 0 saturated heterocycles. The molecule has 2 aliphatic carbocycles. The summed E-state index contributed by atoms with van der Waals surface area (Å²) in [6.45, 7) is 17.9. The molecule has 172 valence electrons. The maximum atomic E-state index is 15.0. The standard InChI is InChI=1S/C29H39FOSi/c1-18(2)24-16-21(30)17-26(27(24)31-29(4,5)6)32(7,8)28-19(3)15-25-22-12-10-9-11-20(22)13-14-23(25)28/h9-14,16-19,23,25,28H,15H2,1-8H3. The van der Waals surface area contributed by atoms with Crippen molar-refractivity contribution in [3.05, 3.63) is 65.0 Å². The predicted molar refractivity (Wildman–Crippen MR) is 137 cm³/mol. The number of ether oxygens (including phenoxy) is 1. The monoisotopic (exact) mass is 450 g/mol. The van der Waals surface area contributed by atoms with E-state index in [0.29, 0.717) is 23.3 Å². The molecule has 0 aromatic heterocycles. The second kappa shape index (κ2) is 8.16. The Kier molecular flexibility index (Phi) is 5.94. The zero-order valence-corrected chi connectivity index (χ0v) is 22.0. The van der Waals surface area contributed by atoms with Gasteiger partial charge >= 0.3 is 0 Å². The van der Waals surface area contributed by atoms with Crippen LogP contribution in [-0.2, 0) is 0 Å². The van der Waals surface area contributed by atoms with Crippen LogP contribution in [0.2, 0.25) is 18.6 Å². The minimum Gasteiger partial charge on any atom is -0.488 e. The van der Waals surface area contributed by atoms with Crippen LogP contribution in [-0.4, -0.2) is 13.7 Å². The average Bonchev–Trinajstić information content (AvgIpc) is 3.04. The molecular formula is C29H39FOSi. The van der Waals surface area contributed by atoms with Gasteiger partial charge in [0.2, 0.25) is 0 Å². The fraction of sp³-hybridized carbons (Fsp3) is 0.517. The Bertz CT molecular complexity index is 1030. The lowest BCUT2D eigenvalue weighted by atomic mass is 9.81. The Morgan fingerprint density at radius 2 is 1.78 bits per heavy atom. The molecule has 0 N–H and O–H groups in total. The molecule has 4 rings (SSSR count). The zero-order valence-electron chi connectivity index (χ0n) is 21.0. The van der Waals surface area contributed by atoms with E-state index in [1.807, 2.05) is 0 Å². The molecular weight excluding hydrogens is 411 g/mol. The maximum Gasteiger partial charge on any atom is 0.123 e. The van der Waals surface area contributed by atoms with E-state index in [1.54, 1.807) is 12.1 Å². The van der Waals surface area contributed by atoms with Gasteiger partial charge in [0.25, 0.3) is 0 Å². The van der Waals surface area contributed by atoms with Crippen LogP contribution in [0.4, 0.5) is 4.39 Å². The van der Waals surface area contributed by atoms with Crippen molar-refractivity contribution >= 4 is 19.3 Å². The molecule has 4 unspecified atom stereocenters. The molecule has 0 bridgehead atoms. The van der Waals surface area contributed by atoms with E-state index in [0.717, 1.165) is 16.5 Å². The van der Waals surface area contributed by atoms with Crippen molar-refractivity contribution in [2.24, 2.45) is 11.8 Å². The van der Waals surface area contributed by atoms with E-state index in [2.05, 4.69) is 91.1 Å². The van der Waals surface area contributed by atoms with Crippen molar-refractivity contribution in [1.82, 2.24) is 0 Å². The highest BCUT2D eigenvalue weighted by molar-refractivity contribution is 6.91. The molecule has 3 heteroatoms. The van der Waals surface area contributed by atoms with E-state index in [4.69, 9.17) is 4.74 Å². The smallest absolute Gasteiger partial charge is 0.123 e. The number of hydrogen-bond donors (Lipinski definition) is 0. The fourth-order valence-corrected chi connectivity index (χ4v) is 11.0. The topological polar surface area (TPSA) is 9.23 Å². The van der Waals surface area contributed by atoms with E-state index in [1.165, 1.54) is 17.5 Å². The lowest BCUT2D eigenvalue weighted by molar-refractivity contribution is 0.130. The third kappa shape index (κ3) is 4.09. The first-order valence-corrected chi connectivity index (χ1v) is 15.3. The molecule has 0 aliphatic heterocycles. The van der Waals surface area contributed by atoms with Gasteiger partial charge in [-0.1, -0.05) is 70.3 Å². The SMILES string of the molecule is CC(C)c1cc(F)cc([Si](C)(C)C2C(C)CC3c4ccccc4C=CC32)c1OC(C)(C)C. The highest BCUT2D eigenvalue weighted by Gasteiger charge is 2.51. The second-order valence-electron chi connectivity index (χ2n) is 11.9. The Hall–Kier alpha value is -1.87. The molecule has 0 amide bonds. The van der Waals surface area contributed by atoms with Gasteiger partial charge in [0.1, 0.15) is 17.2 Å². The molecule has 0 radical (unpaired) electrons. The molecule has 0 heterocycles. The number of fused-ring (bicyclic) bond motifs is 3. The molecule has 32 heavy (non-hydrogen) atoms. The predicted octanol–water partition coefficient (Wildman–Crippen LogP) is 7.88. The number of benzene rings is 2. The van der Waals surface area contributed by atoms with Crippen LogP contribution in [0, 0.1) is 17.7 Å². The molecule has 2 aromatic carbocycles. The lowest BCUT2D eigenvalue weighted by Crippen LogP contribution is -2.50. The van der Waals surface area contributed by atoms with Gasteiger partial charge in [0.05, 0.1) is 8.07 Å². The number of allylic oxidation sites excluding steroid dienone is 1. The lowest BCUT2D eigenvalue weighted by Gasteiger charge is -2.40. The molecule has 1 saturated carbocycles. The van der Waals surface area contributed by atoms with Gasteiger partial charge in [-0.2, -0.15) is 0 Å². The van der Waals surface area contributed by atoms with Gasteiger partial charge in [-0.3, -0.25) is 0 Å². The van der Waals surface area contributed by atoms with Gasteiger partial charge in [0, 0.05) is 0 Å². The molecule has 4 atom stereocenters. The summed E-state index contributed by atoms with van der Waals surface area (Å²) in [4.78, 5) is 0. The van der Waals surface area contributed by atoms with Crippen LogP contribution in [0.15, 0.2) is 42.5 Å². The molecule has 0 spiro atoms. The number of rotatable bonds is 4. The van der Waals surface area contributed by atoms with E-state index >= 15 is 0 Å². The highest BCUT2D eigenvalue weighted by atomic mass is 28.3. The summed E-state index contributed by atoms with van der Waals surface area (Å²) in [6.07, 6.45) is 5.99. The van der Waals surface area contributed by atoms with Crippen molar-refractivity contribution in [3.63, 3.8) is 0 Å². The highest BCUT2D eigenvalue weighted by Crippen LogP contribution is 2.57. The van der Waals surface area contributed by atoms with Crippen LogP contribution in [0.25, 0.3) is 6.08 Å². The summed E-state index contributed by atoms with van der Waals surface area (Å²) in [5.41, 5.74) is 4.08. The van der Waals surface area contributed by atoms with E-state index in [-0.39, 0.29) is 17.3 Å². The summed E-state index contributed by atoms with van der Waals surface area (Å²) >= 11 is 0. The van der Waals surface area contributed by atoms with Crippen molar-refractivity contribution in [3.8, 4) is 5.75 Å². The molecule has 1 nitrogen and oxygen atoms in total. The van der Waals surface area contributed by atoms with Crippen molar-refractivity contribution in [1.29, 1.82) is 0 Å². The largest absolute Gasteiger partial charge is 0.488 e. The summed E-state index contributed by atoms with van der Waals surface area (Å²) in [5.74, 6) is 2.69. The number of hydrogen-bond acceptors (Lipinski definition) is 1. The van der Waals surface area contributed by atoms with Gasteiger partial charge < -0.3 is 4.74 Å². The third-order valence-corrected chi connectivity index (χ3v) is 12.0. The Balaban J connectivity index is 1.83. The van der Waals surface area contributed by atoms with Gasteiger partial charge in [-0.15, -0.1) is 0 Å². The van der Waals surface area contributed by atoms with Gasteiger partial charge in [-0.25, -0.2) is 4.39 Å². The minimum absolute atomic E-state index is 0.128. The van der Waals surface area contributed by atoms with Crippen molar-refractivity contribution in [2.45, 2.75) is 84.0 Å². The Labute approximate surface area is 195 Å². The van der Waals surface area contributed by atoms with Crippen LogP contribution in [0.5, 0.6) is 5.75 Å². The summed E-state index contributed by atoms with van der Waals surface area (Å²) in [6, 6.07) is 12.4. The molecule has 2 aromatic rings. The first kappa shape index (κ1) is 23.3. The zero-order chi connectivity index (χ0) is 23.4. The first-order valence-electron chi connectivity index (χ1n) is 12.2. The molecule has 1 fully saturated rings. The quantitative estimate of drug-likeness (QED) is 0.430. The Morgan fingerprint density at radius 1 is 1.09 bits per heavy atom. The van der Waals surface area contributed by atoms with E-state index in [9.17, 15) is 4.39 Å². The average molecular weight is 451 g/mol. The van der Waals surface area contributed by atoms with Gasteiger partial charge in [0.15, 0.2) is 0 Å². The summed E-state index contributed by atoms with van der Waals surface area (Å²) < 4.78 is 21.6. The first-order chi connectivity index (χ1) is 14.9. The van der Waals surface area contributed by atoms with Crippen LogP contribution >= 0.6 is 0 Å². The van der Waals surface area contributed by atoms with Gasteiger partial charge in [-0.05, 0) is 90.4 Å². The van der Waals surface area contributed by atoms with Crippen molar-refractivity contribution < 1.29 is 9.13 Å². The summed E-state index contributed by atoms with van der Waals surface area (Å²) in [7, 11) is -2.11. The number of halogens is 1. The summed E-state index contributed by atoms with van der Waals surface area (Å²) in [5, 5.41) is 1.15. The van der Waals surface area contributed by atoms with Crippen LogP contribution in [0.3, 0.4) is 0 Å². The third-order valence-electron chi connectivity index (χ3n) is 7.65. The van der Waals surface area contributed by atoms with Crippen molar-refractivity contribution in [2.75, 3.05) is 0 Å². The minimum atomic E-state index is -2.11. The van der Waals surface area contributed by atoms with Crippen LogP contribution in [0.1, 0.15) is 76.5 Å². The van der Waals surface area contributed by atoms with Crippen LogP contribution < -0.4 is 9.92 Å². The van der Waals surface area contributed by atoms with E-state index < -0.39 is 8.07 Å². The fourth-order valence-electron chi connectivity index (χ4n) is 6.45. The second-order valence-corrected chi connectivity index (χ2v) is 16.5. The normalized spacial score (nSPS) is 25.1. The maximum absolute atomic E-state index is 15.0. The Morgan fingerprint density at radius 3 is 2.44 bits per heavy atom.